The van der Waals surface area contributed by atoms with Crippen molar-refractivity contribution in [3.05, 3.63) is 48.0 Å². The number of imidazole rings is 1. The fourth-order valence-electron chi connectivity index (χ4n) is 3.36. The van der Waals surface area contributed by atoms with Crippen LogP contribution in [0.15, 0.2) is 36.7 Å². The van der Waals surface area contributed by atoms with Gasteiger partial charge in [-0.15, -0.1) is 0 Å². The minimum Gasteiger partial charge on any atom is -0.497 e. The molecule has 2 atom stereocenters. The average molecular weight is 371 g/mol. The van der Waals surface area contributed by atoms with Crippen molar-refractivity contribution in [2.75, 3.05) is 20.2 Å². The highest BCUT2D eigenvalue weighted by atomic mass is 16.5. The van der Waals surface area contributed by atoms with Gasteiger partial charge in [0.1, 0.15) is 5.75 Å². The van der Waals surface area contributed by atoms with Crippen LogP contribution in [-0.2, 0) is 11.3 Å². The van der Waals surface area contributed by atoms with E-state index in [0.717, 1.165) is 11.3 Å². The Morgan fingerprint density at radius 2 is 2.11 bits per heavy atom. The van der Waals surface area contributed by atoms with Crippen molar-refractivity contribution in [1.82, 2.24) is 25.5 Å². The Morgan fingerprint density at radius 3 is 2.74 bits per heavy atom. The Labute approximate surface area is 158 Å². The third kappa shape index (κ3) is 4.65. The van der Waals surface area contributed by atoms with Gasteiger partial charge in [0.05, 0.1) is 13.2 Å². The number of methoxy groups -OCH3 is 1. The molecule has 0 radical (unpaired) electrons. The molecule has 1 aromatic carbocycles. The Morgan fingerprint density at radius 1 is 1.33 bits per heavy atom. The van der Waals surface area contributed by atoms with Crippen LogP contribution in [0.2, 0.25) is 0 Å². The van der Waals surface area contributed by atoms with Gasteiger partial charge in [-0.1, -0.05) is 12.1 Å². The molecule has 0 saturated carbocycles. The molecule has 1 fully saturated rings. The fourth-order valence-corrected chi connectivity index (χ4v) is 3.36. The zero-order valence-corrected chi connectivity index (χ0v) is 15.6. The number of H-pyrrole nitrogens is 1. The number of amides is 2. The van der Waals surface area contributed by atoms with Crippen LogP contribution in [-0.4, -0.2) is 59.0 Å². The molecule has 0 aliphatic carbocycles. The second kappa shape index (κ2) is 8.68. The number of aromatic nitrogens is 2. The smallest absolute Gasteiger partial charge is 0.287 e. The summed E-state index contributed by atoms with van der Waals surface area (Å²) in [5.74, 6) is 0.800. The van der Waals surface area contributed by atoms with E-state index in [1.165, 1.54) is 6.20 Å². The van der Waals surface area contributed by atoms with E-state index in [1.807, 2.05) is 31.2 Å². The molecule has 1 aliphatic rings. The van der Waals surface area contributed by atoms with Gasteiger partial charge in [-0.25, -0.2) is 4.98 Å². The van der Waals surface area contributed by atoms with Gasteiger partial charge in [0.25, 0.3) is 5.91 Å². The third-order valence-corrected chi connectivity index (χ3v) is 4.65. The monoisotopic (exact) mass is 371 g/mol. The Kier molecular flexibility index (Phi) is 6.08. The molecule has 8 heteroatoms. The number of carbonyl (C=O) groups excluding carboxylic acids is 2. The van der Waals surface area contributed by atoms with Crippen LogP contribution in [0.5, 0.6) is 5.75 Å². The topological polar surface area (TPSA) is 99.3 Å². The van der Waals surface area contributed by atoms with Gasteiger partial charge in [-0.05, 0) is 31.0 Å². The predicted octanol–water partition coefficient (Wildman–Crippen LogP) is 0.927. The van der Waals surface area contributed by atoms with E-state index in [4.69, 9.17) is 4.74 Å². The minimum absolute atomic E-state index is 0.0132. The van der Waals surface area contributed by atoms with Crippen LogP contribution in [0.25, 0.3) is 0 Å². The predicted molar refractivity (Wildman–Crippen MR) is 100 cm³/mol. The highest BCUT2D eigenvalue weighted by molar-refractivity contribution is 5.90. The number of likely N-dealkylation sites (N-methyl/N-ethyl adjacent to an activating group) is 1. The van der Waals surface area contributed by atoms with Crippen molar-refractivity contribution in [2.45, 2.75) is 32.0 Å². The van der Waals surface area contributed by atoms with E-state index >= 15 is 0 Å². The summed E-state index contributed by atoms with van der Waals surface area (Å²) in [4.78, 5) is 33.6. The quantitative estimate of drug-likeness (QED) is 0.672. The summed E-state index contributed by atoms with van der Waals surface area (Å²) in [6, 6.07) is 7.39. The molecule has 2 heterocycles. The third-order valence-electron chi connectivity index (χ3n) is 4.65. The number of ether oxygens (including phenoxy) is 1. The normalized spacial score (nSPS) is 19.6. The van der Waals surface area contributed by atoms with E-state index in [-0.39, 0.29) is 29.7 Å². The summed E-state index contributed by atoms with van der Waals surface area (Å²) in [5, 5.41) is 5.86. The van der Waals surface area contributed by atoms with Gasteiger partial charge in [-0.3, -0.25) is 14.5 Å². The van der Waals surface area contributed by atoms with Gasteiger partial charge in [0.15, 0.2) is 5.82 Å². The number of hydrogen-bond acceptors (Lipinski definition) is 5. The number of rotatable bonds is 7. The van der Waals surface area contributed by atoms with Crippen LogP contribution in [0, 0.1) is 0 Å². The molecule has 27 heavy (non-hydrogen) atoms. The van der Waals surface area contributed by atoms with Crippen LogP contribution < -0.4 is 15.4 Å². The molecule has 0 bridgehead atoms. The summed E-state index contributed by atoms with van der Waals surface area (Å²) in [6.07, 6.45) is 3.71. The molecule has 1 aromatic heterocycles. The fraction of sp³-hybridized carbons (Fsp3) is 0.421. The number of carbonyl (C=O) groups is 2. The largest absolute Gasteiger partial charge is 0.497 e. The number of nitrogens with one attached hydrogen (secondary N) is 3. The van der Waals surface area contributed by atoms with E-state index in [0.29, 0.717) is 26.1 Å². The SMILES string of the molecule is CCNC(=O)[C@@H]1C[C@H](NC(=O)c2ncc[nH]2)CN1Cc1ccc(OC)cc1. The second-order valence-electron chi connectivity index (χ2n) is 6.53. The van der Waals surface area contributed by atoms with Crippen molar-refractivity contribution in [3.63, 3.8) is 0 Å². The van der Waals surface area contributed by atoms with Gasteiger partial charge in [0.2, 0.25) is 5.91 Å². The van der Waals surface area contributed by atoms with Crippen molar-refractivity contribution in [3.8, 4) is 5.75 Å². The molecular weight excluding hydrogens is 346 g/mol. The van der Waals surface area contributed by atoms with Gasteiger partial charge in [0, 0.05) is 38.1 Å². The highest BCUT2D eigenvalue weighted by Gasteiger charge is 2.37. The first-order valence-corrected chi connectivity index (χ1v) is 9.05. The lowest BCUT2D eigenvalue weighted by molar-refractivity contribution is -0.125. The summed E-state index contributed by atoms with van der Waals surface area (Å²) in [6.45, 7) is 3.70. The van der Waals surface area contributed by atoms with E-state index < -0.39 is 0 Å². The van der Waals surface area contributed by atoms with Gasteiger partial charge < -0.3 is 20.4 Å². The Balaban J connectivity index is 1.68. The first-order valence-electron chi connectivity index (χ1n) is 9.05. The Hall–Kier alpha value is -2.87. The van der Waals surface area contributed by atoms with Gasteiger partial charge in [-0.2, -0.15) is 0 Å². The maximum Gasteiger partial charge on any atom is 0.287 e. The number of likely N-dealkylation sites (tertiary alicyclic amines) is 1. The molecule has 2 amide bonds. The zero-order valence-electron chi connectivity index (χ0n) is 15.6. The number of nitrogens with zero attached hydrogens (tertiary/aromatic N) is 2. The van der Waals surface area contributed by atoms with E-state index in [9.17, 15) is 9.59 Å². The van der Waals surface area contributed by atoms with Gasteiger partial charge >= 0.3 is 0 Å². The summed E-state index contributed by atoms with van der Waals surface area (Å²) in [7, 11) is 1.63. The molecule has 3 N–H and O–H groups in total. The molecule has 1 saturated heterocycles. The molecule has 0 spiro atoms. The molecular formula is C19H25N5O3. The number of aromatic amines is 1. The molecule has 144 valence electrons. The van der Waals surface area contributed by atoms with Crippen LogP contribution in [0.3, 0.4) is 0 Å². The average Bonchev–Trinajstić information content (AvgIpc) is 3.33. The van der Waals surface area contributed by atoms with E-state index in [2.05, 4.69) is 25.5 Å². The maximum absolute atomic E-state index is 12.5. The maximum atomic E-state index is 12.5. The van der Waals surface area contributed by atoms with Crippen LogP contribution in [0.4, 0.5) is 0 Å². The first-order chi connectivity index (χ1) is 13.1. The molecule has 2 aromatic rings. The number of hydrogen-bond donors (Lipinski definition) is 3. The van der Waals surface area contributed by atoms with Crippen molar-refractivity contribution in [2.24, 2.45) is 0 Å². The molecule has 8 nitrogen and oxygen atoms in total. The van der Waals surface area contributed by atoms with Crippen LogP contribution in [0.1, 0.15) is 29.5 Å². The highest BCUT2D eigenvalue weighted by Crippen LogP contribution is 2.22. The molecule has 3 rings (SSSR count). The lowest BCUT2D eigenvalue weighted by Gasteiger charge is -2.23. The van der Waals surface area contributed by atoms with Crippen molar-refractivity contribution < 1.29 is 14.3 Å². The Bertz CT molecular complexity index is 760. The molecule has 0 unspecified atom stereocenters. The molecule has 1 aliphatic heterocycles. The second-order valence-corrected chi connectivity index (χ2v) is 6.53. The lowest BCUT2D eigenvalue weighted by atomic mass is 10.1. The zero-order chi connectivity index (χ0) is 19.2. The summed E-state index contributed by atoms with van der Waals surface area (Å²) < 4.78 is 5.19. The van der Waals surface area contributed by atoms with Crippen molar-refractivity contribution in [1.29, 1.82) is 0 Å². The minimum atomic E-state index is -0.283. The first kappa shape index (κ1) is 18.9. The standard InChI is InChI=1S/C19H25N5O3/c1-3-20-18(25)16-10-14(23-19(26)17-21-8-9-22-17)12-24(16)11-13-4-6-15(27-2)7-5-13/h4-9,14,16H,3,10-12H2,1-2H3,(H,20,25)(H,21,22)(H,23,26)/t14-,16-/m0/s1. The lowest BCUT2D eigenvalue weighted by Crippen LogP contribution is -2.42. The van der Waals surface area contributed by atoms with Crippen LogP contribution >= 0.6 is 0 Å². The van der Waals surface area contributed by atoms with Crippen molar-refractivity contribution >= 4 is 11.8 Å². The summed E-state index contributed by atoms with van der Waals surface area (Å²) in [5.41, 5.74) is 1.09. The van der Waals surface area contributed by atoms with E-state index in [1.54, 1.807) is 13.3 Å². The summed E-state index contributed by atoms with van der Waals surface area (Å²) >= 11 is 0. The number of benzene rings is 1.